The van der Waals surface area contributed by atoms with Crippen molar-refractivity contribution in [1.29, 1.82) is 0 Å². The monoisotopic (exact) mass is 254 g/mol. The van der Waals surface area contributed by atoms with E-state index >= 15 is 0 Å². The Kier molecular flexibility index (Phi) is 4.37. The number of carbonyl (C=O) groups excluding carboxylic acids is 1. The Morgan fingerprint density at radius 2 is 2.18 bits per heavy atom. The molecule has 0 saturated carbocycles. The number of nitrogens with zero attached hydrogens (tertiary/aromatic N) is 1. The summed E-state index contributed by atoms with van der Waals surface area (Å²) in [5.41, 5.74) is -1.91. The number of nitrogens with one attached hydrogen (secondary N) is 1. The van der Waals surface area contributed by atoms with E-state index in [9.17, 15) is 18.0 Å². The number of hydrogen-bond acceptors (Lipinski definition) is 3. The van der Waals surface area contributed by atoms with Crippen LogP contribution in [0.2, 0.25) is 0 Å². The van der Waals surface area contributed by atoms with Crippen molar-refractivity contribution in [1.82, 2.24) is 10.2 Å². The van der Waals surface area contributed by atoms with Gasteiger partial charge in [-0.1, -0.05) is 0 Å². The summed E-state index contributed by atoms with van der Waals surface area (Å²) in [7, 11) is 2.83. The summed E-state index contributed by atoms with van der Waals surface area (Å²) in [5.74, 6) is -0.310. The molecule has 0 aromatic heterocycles. The van der Waals surface area contributed by atoms with E-state index in [1.165, 1.54) is 12.0 Å². The van der Waals surface area contributed by atoms with Crippen molar-refractivity contribution >= 4 is 5.91 Å². The van der Waals surface area contributed by atoms with Crippen molar-refractivity contribution < 1.29 is 22.7 Å². The molecule has 1 rings (SSSR count). The number of halogens is 3. The molecule has 0 spiro atoms. The summed E-state index contributed by atoms with van der Waals surface area (Å²) in [4.78, 5) is 12.8. The van der Waals surface area contributed by atoms with Gasteiger partial charge in [-0.05, 0) is 13.5 Å². The Balaban J connectivity index is 2.75. The van der Waals surface area contributed by atoms with Crippen LogP contribution < -0.4 is 5.32 Å². The molecule has 0 bridgehead atoms. The van der Waals surface area contributed by atoms with E-state index in [-0.39, 0.29) is 32.0 Å². The fraction of sp³-hybridized carbons (Fsp3) is 0.900. The molecule has 1 aliphatic heterocycles. The van der Waals surface area contributed by atoms with Crippen LogP contribution in [0.5, 0.6) is 0 Å². The predicted octanol–water partition coefficient (Wildman–Crippen LogP) is 0.633. The number of likely N-dealkylation sites (N-methyl/N-ethyl adjacent to an activating group) is 1. The number of methoxy groups -OCH3 is 1. The number of amides is 1. The van der Waals surface area contributed by atoms with Gasteiger partial charge in [0.05, 0.1) is 13.2 Å². The lowest BCUT2D eigenvalue weighted by atomic mass is 9.87. The van der Waals surface area contributed by atoms with Crippen LogP contribution in [0, 0.1) is 5.41 Å². The fourth-order valence-electron chi connectivity index (χ4n) is 2.06. The average molecular weight is 254 g/mol. The van der Waals surface area contributed by atoms with Crippen molar-refractivity contribution in [3.8, 4) is 0 Å². The summed E-state index contributed by atoms with van der Waals surface area (Å²) in [5, 5.41) is 2.64. The van der Waals surface area contributed by atoms with Gasteiger partial charge in [0.25, 0.3) is 0 Å². The summed E-state index contributed by atoms with van der Waals surface area (Å²) in [6, 6.07) is 0. The zero-order chi connectivity index (χ0) is 13.1. The van der Waals surface area contributed by atoms with Crippen molar-refractivity contribution in [2.24, 2.45) is 5.41 Å². The van der Waals surface area contributed by atoms with Crippen LogP contribution in [0.15, 0.2) is 0 Å². The second kappa shape index (κ2) is 5.22. The van der Waals surface area contributed by atoms with Crippen molar-refractivity contribution in [2.75, 3.05) is 40.4 Å². The van der Waals surface area contributed by atoms with Gasteiger partial charge in [-0.15, -0.1) is 0 Å². The van der Waals surface area contributed by atoms with Gasteiger partial charge >= 0.3 is 6.18 Å². The number of likely N-dealkylation sites (tertiary alicyclic amines) is 1. The van der Waals surface area contributed by atoms with Crippen molar-refractivity contribution in [3.05, 3.63) is 0 Å². The lowest BCUT2D eigenvalue weighted by molar-refractivity contribution is -0.232. The van der Waals surface area contributed by atoms with Gasteiger partial charge in [0.2, 0.25) is 5.91 Å². The molecule has 1 aliphatic rings. The lowest BCUT2D eigenvalue weighted by Crippen LogP contribution is -2.46. The molecule has 0 unspecified atom stereocenters. The van der Waals surface area contributed by atoms with Gasteiger partial charge in [0, 0.05) is 20.2 Å². The third kappa shape index (κ3) is 2.90. The van der Waals surface area contributed by atoms with E-state index in [1.807, 2.05) is 0 Å². The molecule has 1 saturated heterocycles. The second-order valence-corrected chi connectivity index (χ2v) is 4.31. The van der Waals surface area contributed by atoms with E-state index in [2.05, 4.69) is 10.1 Å². The summed E-state index contributed by atoms with van der Waals surface area (Å²) >= 11 is 0. The summed E-state index contributed by atoms with van der Waals surface area (Å²) in [6.07, 6.45) is -4.45. The highest BCUT2D eigenvalue weighted by molar-refractivity contribution is 5.78. The first kappa shape index (κ1) is 14.2. The first-order valence-electron chi connectivity index (χ1n) is 5.34. The Labute approximate surface area is 98.1 Å². The number of alkyl halides is 3. The Morgan fingerprint density at radius 3 is 2.65 bits per heavy atom. The van der Waals surface area contributed by atoms with E-state index in [4.69, 9.17) is 0 Å². The Bertz CT molecular complexity index is 283. The topological polar surface area (TPSA) is 41.6 Å². The molecule has 1 N–H and O–H groups in total. The zero-order valence-electron chi connectivity index (χ0n) is 9.93. The van der Waals surface area contributed by atoms with Crippen LogP contribution in [0.4, 0.5) is 13.2 Å². The summed E-state index contributed by atoms with van der Waals surface area (Å²) in [6.45, 7) is -0.533. The molecular weight excluding hydrogens is 237 g/mol. The smallest absolute Gasteiger partial charge is 0.384 e. The SMILES string of the molecule is CNCC(=O)N1CC[C@](COC)(C(F)(F)F)C1. The molecule has 1 amide bonds. The maximum atomic E-state index is 13.0. The predicted molar refractivity (Wildman–Crippen MR) is 55.5 cm³/mol. The molecule has 0 aromatic rings. The molecule has 0 aliphatic carbocycles. The Morgan fingerprint density at radius 1 is 1.53 bits per heavy atom. The largest absolute Gasteiger partial charge is 0.398 e. The number of carbonyl (C=O) groups is 1. The van der Waals surface area contributed by atoms with Gasteiger partial charge in [-0.25, -0.2) is 0 Å². The molecule has 1 heterocycles. The third-order valence-corrected chi connectivity index (χ3v) is 3.06. The molecule has 0 radical (unpaired) electrons. The molecule has 1 fully saturated rings. The second-order valence-electron chi connectivity index (χ2n) is 4.31. The molecule has 4 nitrogen and oxygen atoms in total. The number of ether oxygens (including phenoxy) is 1. The third-order valence-electron chi connectivity index (χ3n) is 3.06. The van der Waals surface area contributed by atoms with Gasteiger partial charge < -0.3 is 15.0 Å². The van der Waals surface area contributed by atoms with Crippen LogP contribution in [-0.4, -0.2) is 57.4 Å². The molecule has 0 aromatic carbocycles. The van der Waals surface area contributed by atoms with Crippen LogP contribution >= 0.6 is 0 Å². The molecule has 100 valence electrons. The molecular formula is C10H17F3N2O2. The van der Waals surface area contributed by atoms with Crippen molar-refractivity contribution in [3.63, 3.8) is 0 Å². The minimum atomic E-state index is -4.35. The average Bonchev–Trinajstić information content (AvgIpc) is 2.63. The maximum absolute atomic E-state index is 13.0. The molecule has 1 atom stereocenters. The normalized spacial score (nSPS) is 25.4. The number of hydrogen-bond donors (Lipinski definition) is 1. The van der Waals surface area contributed by atoms with Gasteiger partial charge in [-0.2, -0.15) is 13.2 Å². The first-order valence-corrected chi connectivity index (χ1v) is 5.34. The summed E-state index contributed by atoms with van der Waals surface area (Å²) < 4.78 is 43.6. The molecule has 7 heteroatoms. The zero-order valence-corrected chi connectivity index (χ0v) is 9.93. The Hall–Kier alpha value is -0.820. The van der Waals surface area contributed by atoms with Gasteiger partial charge in [-0.3, -0.25) is 4.79 Å². The standard InChI is InChI=1S/C10H17F3N2O2/c1-14-5-8(16)15-4-3-9(6-15,7-17-2)10(11,12)13/h14H,3-7H2,1-2H3/t9-/m0/s1. The minimum absolute atomic E-state index is 0.0565. The highest BCUT2D eigenvalue weighted by Crippen LogP contribution is 2.45. The van der Waals surface area contributed by atoms with Crippen LogP contribution in [0.1, 0.15) is 6.42 Å². The van der Waals surface area contributed by atoms with Crippen LogP contribution in [0.3, 0.4) is 0 Å². The van der Waals surface area contributed by atoms with E-state index < -0.39 is 18.2 Å². The molecule has 17 heavy (non-hydrogen) atoms. The van der Waals surface area contributed by atoms with E-state index in [0.29, 0.717) is 0 Å². The highest BCUT2D eigenvalue weighted by Gasteiger charge is 2.58. The van der Waals surface area contributed by atoms with E-state index in [0.717, 1.165) is 0 Å². The minimum Gasteiger partial charge on any atom is -0.384 e. The maximum Gasteiger partial charge on any atom is 0.398 e. The van der Waals surface area contributed by atoms with Gasteiger partial charge in [0.1, 0.15) is 5.41 Å². The van der Waals surface area contributed by atoms with E-state index in [1.54, 1.807) is 7.05 Å². The van der Waals surface area contributed by atoms with Crippen LogP contribution in [0.25, 0.3) is 0 Å². The highest BCUT2D eigenvalue weighted by atomic mass is 19.4. The van der Waals surface area contributed by atoms with Gasteiger partial charge in [0.15, 0.2) is 0 Å². The lowest BCUT2D eigenvalue weighted by Gasteiger charge is -2.30. The van der Waals surface area contributed by atoms with Crippen LogP contribution in [-0.2, 0) is 9.53 Å². The quantitative estimate of drug-likeness (QED) is 0.800. The fourth-order valence-corrected chi connectivity index (χ4v) is 2.06. The first-order chi connectivity index (χ1) is 7.86. The number of rotatable bonds is 4. The van der Waals surface area contributed by atoms with Crippen molar-refractivity contribution in [2.45, 2.75) is 12.6 Å².